The van der Waals surface area contributed by atoms with Crippen molar-refractivity contribution in [3.05, 3.63) is 59.5 Å². The number of carbonyl (C=O) groups excluding carboxylic acids is 1. The summed E-state index contributed by atoms with van der Waals surface area (Å²) in [5.74, 6) is -0.621. The van der Waals surface area contributed by atoms with Crippen LogP contribution in [0.3, 0.4) is 0 Å². The number of carbonyl (C=O) groups is 2. The van der Waals surface area contributed by atoms with Crippen LogP contribution in [-0.2, 0) is 6.54 Å². The second-order valence-electron chi connectivity index (χ2n) is 6.56. The predicted molar refractivity (Wildman–Crippen MR) is 92.5 cm³/mol. The first-order valence-electron chi connectivity index (χ1n) is 8.36. The summed E-state index contributed by atoms with van der Waals surface area (Å²) < 4.78 is 5.22. The Morgan fingerprint density at radius 1 is 1.12 bits per heavy atom. The van der Waals surface area contributed by atoms with Crippen LogP contribution in [0.2, 0.25) is 0 Å². The lowest BCUT2D eigenvalue weighted by Gasteiger charge is -2.44. The van der Waals surface area contributed by atoms with Crippen molar-refractivity contribution >= 4 is 11.9 Å². The number of furan rings is 1. The molecule has 3 rings (SSSR count). The maximum Gasteiger partial charge on any atom is 0.335 e. The van der Waals surface area contributed by atoms with Gasteiger partial charge in [-0.2, -0.15) is 0 Å². The Balaban J connectivity index is 1.66. The zero-order valence-electron chi connectivity index (χ0n) is 14.4. The van der Waals surface area contributed by atoms with Gasteiger partial charge in [0.1, 0.15) is 0 Å². The lowest BCUT2D eigenvalue weighted by atomic mass is 10.0. The molecule has 1 aliphatic heterocycles. The smallest absolute Gasteiger partial charge is 0.335 e. The molecule has 0 spiro atoms. The van der Waals surface area contributed by atoms with Crippen LogP contribution in [0.25, 0.3) is 0 Å². The Morgan fingerprint density at radius 3 is 2.28 bits per heavy atom. The van der Waals surface area contributed by atoms with Gasteiger partial charge in [-0.25, -0.2) is 4.79 Å². The van der Waals surface area contributed by atoms with Crippen molar-refractivity contribution in [1.82, 2.24) is 9.80 Å². The van der Waals surface area contributed by atoms with Gasteiger partial charge >= 0.3 is 5.97 Å². The fourth-order valence-corrected chi connectivity index (χ4v) is 3.35. The van der Waals surface area contributed by atoms with E-state index < -0.39 is 5.97 Å². The molecule has 0 saturated carbocycles. The zero-order chi connectivity index (χ0) is 18.0. The van der Waals surface area contributed by atoms with E-state index in [2.05, 4.69) is 18.7 Å². The average molecular weight is 342 g/mol. The molecule has 1 N–H and O–H groups in total. The summed E-state index contributed by atoms with van der Waals surface area (Å²) in [5, 5.41) is 8.99. The minimum atomic E-state index is -0.918. The first kappa shape index (κ1) is 17.2. The molecule has 1 amide bonds. The van der Waals surface area contributed by atoms with Gasteiger partial charge in [0.25, 0.3) is 5.91 Å². The first-order chi connectivity index (χ1) is 12.0. The third kappa shape index (κ3) is 3.74. The highest BCUT2D eigenvalue weighted by atomic mass is 16.4. The van der Waals surface area contributed by atoms with Crippen LogP contribution in [0.4, 0.5) is 0 Å². The number of hydrogen-bond donors (Lipinski definition) is 1. The highest BCUT2D eigenvalue weighted by Crippen LogP contribution is 2.21. The van der Waals surface area contributed by atoms with Crippen LogP contribution in [0.1, 0.15) is 40.3 Å². The standard InChI is InChI=1S/C19H22N2O4/c1-13-10-20(18(22)17-4-3-9-25-17)11-14(2)21(13)12-15-5-7-16(8-6-15)19(23)24/h3-9,13-14H,10-12H2,1-2H3,(H,23,24)/t13-,14+. The summed E-state index contributed by atoms with van der Waals surface area (Å²) >= 11 is 0. The van der Waals surface area contributed by atoms with Gasteiger partial charge in [-0.05, 0) is 43.7 Å². The highest BCUT2D eigenvalue weighted by Gasteiger charge is 2.32. The Morgan fingerprint density at radius 2 is 1.76 bits per heavy atom. The fourth-order valence-electron chi connectivity index (χ4n) is 3.35. The third-order valence-corrected chi connectivity index (χ3v) is 4.69. The molecule has 132 valence electrons. The van der Waals surface area contributed by atoms with Crippen LogP contribution in [-0.4, -0.2) is 52.0 Å². The monoisotopic (exact) mass is 342 g/mol. The number of nitrogens with zero attached hydrogens (tertiary/aromatic N) is 2. The summed E-state index contributed by atoms with van der Waals surface area (Å²) in [7, 11) is 0. The Bertz CT molecular complexity index is 727. The van der Waals surface area contributed by atoms with Crippen molar-refractivity contribution in [2.24, 2.45) is 0 Å². The summed E-state index contributed by atoms with van der Waals surface area (Å²) in [6.07, 6.45) is 1.51. The van der Waals surface area contributed by atoms with Gasteiger partial charge in [0.05, 0.1) is 11.8 Å². The maximum atomic E-state index is 12.5. The largest absolute Gasteiger partial charge is 0.478 e. The van der Waals surface area contributed by atoms with E-state index in [0.717, 1.165) is 12.1 Å². The Labute approximate surface area is 146 Å². The SMILES string of the molecule is C[C@@H]1CN(C(=O)c2ccco2)C[C@H](C)N1Cc1ccc(C(=O)O)cc1. The molecular weight excluding hydrogens is 320 g/mol. The predicted octanol–water partition coefficient (Wildman–Crippen LogP) is 2.71. The van der Waals surface area contributed by atoms with Crippen molar-refractivity contribution in [2.75, 3.05) is 13.1 Å². The molecule has 0 bridgehead atoms. The van der Waals surface area contributed by atoms with E-state index in [0.29, 0.717) is 24.4 Å². The summed E-state index contributed by atoms with van der Waals surface area (Å²) in [5.41, 5.74) is 1.35. The number of aromatic carboxylic acids is 1. The molecule has 0 aliphatic carbocycles. The second-order valence-corrected chi connectivity index (χ2v) is 6.56. The molecule has 1 aromatic carbocycles. The third-order valence-electron chi connectivity index (χ3n) is 4.69. The van der Waals surface area contributed by atoms with E-state index in [1.807, 2.05) is 17.0 Å². The van der Waals surface area contributed by atoms with Gasteiger partial charge in [0, 0.05) is 31.7 Å². The normalized spacial score (nSPS) is 21.3. The molecule has 1 aliphatic rings. The summed E-state index contributed by atoms with van der Waals surface area (Å²) in [6.45, 7) is 6.20. The van der Waals surface area contributed by atoms with Crippen molar-refractivity contribution in [2.45, 2.75) is 32.5 Å². The molecular formula is C19H22N2O4. The van der Waals surface area contributed by atoms with Gasteiger partial charge in [-0.1, -0.05) is 12.1 Å². The number of hydrogen-bond acceptors (Lipinski definition) is 4. The van der Waals surface area contributed by atoms with E-state index in [4.69, 9.17) is 9.52 Å². The second kappa shape index (κ2) is 7.11. The fraction of sp³-hybridized carbons (Fsp3) is 0.368. The molecule has 6 nitrogen and oxygen atoms in total. The van der Waals surface area contributed by atoms with Gasteiger partial charge < -0.3 is 14.4 Å². The molecule has 2 aromatic rings. The molecule has 0 radical (unpaired) electrons. The van der Waals surface area contributed by atoms with Crippen molar-refractivity contribution < 1.29 is 19.1 Å². The Hall–Kier alpha value is -2.60. The summed E-state index contributed by atoms with van der Waals surface area (Å²) in [6, 6.07) is 10.8. The van der Waals surface area contributed by atoms with E-state index in [1.54, 1.807) is 24.3 Å². The molecule has 2 atom stereocenters. The van der Waals surface area contributed by atoms with Crippen molar-refractivity contribution in [1.29, 1.82) is 0 Å². The molecule has 1 saturated heterocycles. The highest BCUT2D eigenvalue weighted by molar-refractivity contribution is 5.91. The maximum absolute atomic E-state index is 12.5. The van der Waals surface area contributed by atoms with Crippen molar-refractivity contribution in [3.8, 4) is 0 Å². The molecule has 6 heteroatoms. The van der Waals surface area contributed by atoms with Gasteiger partial charge in [0.2, 0.25) is 0 Å². The van der Waals surface area contributed by atoms with Gasteiger partial charge in [0.15, 0.2) is 5.76 Å². The molecule has 25 heavy (non-hydrogen) atoms. The quantitative estimate of drug-likeness (QED) is 0.925. The molecule has 0 unspecified atom stereocenters. The van der Waals surface area contributed by atoms with E-state index in [1.165, 1.54) is 6.26 Å². The first-order valence-corrected chi connectivity index (χ1v) is 8.36. The Kier molecular flexibility index (Phi) is 4.90. The molecule has 2 heterocycles. The zero-order valence-corrected chi connectivity index (χ0v) is 14.4. The average Bonchev–Trinajstić information content (AvgIpc) is 3.12. The van der Waals surface area contributed by atoms with Crippen LogP contribution >= 0.6 is 0 Å². The summed E-state index contributed by atoms with van der Waals surface area (Å²) in [4.78, 5) is 27.6. The van der Waals surface area contributed by atoms with E-state index in [9.17, 15) is 9.59 Å². The van der Waals surface area contributed by atoms with Gasteiger partial charge in [-0.15, -0.1) is 0 Å². The minimum Gasteiger partial charge on any atom is -0.478 e. The van der Waals surface area contributed by atoms with E-state index in [-0.39, 0.29) is 18.0 Å². The molecule has 1 fully saturated rings. The van der Waals surface area contributed by atoms with Crippen LogP contribution in [0.5, 0.6) is 0 Å². The van der Waals surface area contributed by atoms with Crippen LogP contribution in [0.15, 0.2) is 47.1 Å². The lowest BCUT2D eigenvalue weighted by molar-refractivity contribution is 0.0250. The van der Waals surface area contributed by atoms with Gasteiger partial charge in [-0.3, -0.25) is 9.69 Å². The molecule has 1 aromatic heterocycles. The van der Waals surface area contributed by atoms with Crippen LogP contribution in [0, 0.1) is 0 Å². The number of benzene rings is 1. The minimum absolute atomic E-state index is 0.0749. The number of rotatable bonds is 4. The lowest BCUT2D eigenvalue weighted by Crippen LogP contribution is -2.57. The van der Waals surface area contributed by atoms with Crippen LogP contribution < -0.4 is 0 Å². The number of carboxylic acid groups (broad SMARTS) is 1. The number of carboxylic acids is 1. The topological polar surface area (TPSA) is 74.0 Å². The number of amides is 1. The van der Waals surface area contributed by atoms with E-state index >= 15 is 0 Å². The number of piperazine rings is 1. The van der Waals surface area contributed by atoms with Crippen molar-refractivity contribution in [3.63, 3.8) is 0 Å².